The Balaban J connectivity index is 1.50. The van der Waals surface area contributed by atoms with Crippen molar-refractivity contribution in [2.24, 2.45) is 0 Å². The average molecular weight is 512 g/mol. The van der Waals surface area contributed by atoms with Gasteiger partial charge < -0.3 is 23.7 Å². The van der Waals surface area contributed by atoms with Crippen molar-refractivity contribution >= 4 is 20.1 Å². The van der Waals surface area contributed by atoms with Gasteiger partial charge in [-0.05, 0) is 30.3 Å². The van der Waals surface area contributed by atoms with Gasteiger partial charge in [0.05, 0.1) is 17.7 Å². The Hall–Kier alpha value is -2.40. The lowest BCUT2D eigenvalue weighted by molar-refractivity contribution is -0.340. The van der Waals surface area contributed by atoms with Crippen molar-refractivity contribution in [3.63, 3.8) is 0 Å². The van der Waals surface area contributed by atoms with Crippen molar-refractivity contribution in [1.29, 1.82) is 0 Å². The van der Waals surface area contributed by atoms with E-state index < -0.39 is 57.1 Å². The van der Waals surface area contributed by atoms with Crippen LogP contribution in [0, 0.1) is 0 Å². The van der Waals surface area contributed by atoms with E-state index in [9.17, 15) is 14.7 Å². The van der Waals surface area contributed by atoms with E-state index in [-0.39, 0.29) is 11.6 Å². The molecule has 3 aliphatic rings. The van der Waals surface area contributed by atoms with Crippen LogP contribution in [0.15, 0.2) is 54.6 Å². The summed E-state index contributed by atoms with van der Waals surface area (Å²) in [7, 11) is -2.43. The van der Waals surface area contributed by atoms with Gasteiger partial charge in [0.1, 0.15) is 24.4 Å². The van der Waals surface area contributed by atoms with Crippen LogP contribution in [0.5, 0.6) is 0 Å². The summed E-state index contributed by atoms with van der Waals surface area (Å²) in [5, 5.41) is 11.5. The molecule has 2 saturated heterocycles. The molecule has 0 radical (unpaired) electrons. The molecule has 0 aliphatic carbocycles. The van der Waals surface area contributed by atoms with Gasteiger partial charge in [0.15, 0.2) is 20.9 Å². The Bertz CT molecular complexity index is 1110. The Morgan fingerprint density at radius 2 is 1.53 bits per heavy atom. The van der Waals surface area contributed by atoms with E-state index in [1.165, 1.54) is 0 Å². The molecule has 6 atom stereocenters. The van der Waals surface area contributed by atoms with Gasteiger partial charge in [-0.15, -0.1) is 0 Å². The third-order valence-electron chi connectivity index (χ3n) is 7.75. The van der Waals surface area contributed by atoms with E-state index in [1.807, 2.05) is 30.3 Å². The molecule has 0 bridgehead atoms. The molecule has 2 aromatic rings. The van der Waals surface area contributed by atoms with Crippen LogP contribution in [0.2, 0.25) is 18.1 Å². The summed E-state index contributed by atoms with van der Waals surface area (Å²) in [5.74, 6) is -0.950. The topological polar surface area (TPSA) is 94.5 Å². The van der Waals surface area contributed by atoms with Crippen molar-refractivity contribution in [2.45, 2.75) is 75.8 Å². The quantitative estimate of drug-likeness (QED) is 0.492. The number of nitrogens with zero attached hydrogens (tertiary/aromatic N) is 1. The molecule has 2 amide bonds. The Kier molecular flexibility index (Phi) is 6.43. The number of carbonyl (C=O) groups is 2. The zero-order valence-corrected chi connectivity index (χ0v) is 22.2. The number of ether oxygens (including phenoxy) is 3. The van der Waals surface area contributed by atoms with E-state index in [2.05, 4.69) is 33.9 Å². The normalized spacial score (nSPS) is 30.8. The molecule has 36 heavy (non-hydrogen) atoms. The third kappa shape index (κ3) is 4.23. The number of fused-ring (bicyclic) bond motifs is 2. The zero-order chi connectivity index (χ0) is 25.8. The highest BCUT2D eigenvalue weighted by atomic mass is 28.4. The van der Waals surface area contributed by atoms with Crippen molar-refractivity contribution in [3.8, 4) is 0 Å². The lowest BCUT2D eigenvalue weighted by atomic mass is 9.94. The first-order chi connectivity index (χ1) is 17.0. The fourth-order valence-electron chi connectivity index (χ4n) is 4.67. The largest absolute Gasteiger partial charge is 0.391 e. The van der Waals surface area contributed by atoms with Gasteiger partial charge in [0.25, 0.3) is 11.8 Å². The van der Waals surface area contributed by atoms with Gasteiger partial charge in [-0.3, -0.25) is 14.5 Å². The molecule has 8 nitrogen and oxygen atoms in total. The Morgan fingerprint density at radius 1 is 0.944 bits per heavy atom. The number of hydrogen-bond donors (Lipinski definition) is 1. The minimum atomic E-state index is -2.43. The first kappa shape index (κ1) is 25.3. The molecule has 0 spiro atoms. The van der Waals surface area contributed by atoms with Crippen LogP contribution in [0.3, 0.4) is 0 Å². The van der Waals surface area contributed by atoms with E-state index >= 15 is 0 Å². The fourth-order valence-corrected chi connectivity index (χ4v) is 5.80. The standard InChI is InChI=1S/C27H33NO7Si/c1-27(2,3)36(4,5)35-26-20(28-23(30)17-13-9-10-14-18(17)24(28)31)21(29)22-19(33-26)15-32-25(34-22)16-11-7-6-8-12-16/h6-14,19-22,25-26,29H,15H2,1-5H3/t19?,20?,21?,22-,25?,26+/m1/s1. The summed E-state index contributed by atoms with van der Waals surface area (Å²) in [4.78, 5) is 28.0. The minimum Gasteiger partial charge on any atom is -0.391 e. The Morgan fingerprint density at radius 3 is 2.11 bits per heavy atom. The molecule has 3 aliphatic heterocycles. The van der Waals surface area contributed by atoms with Gasteiger partial charge in [-0.1, -0.05) is 63.2 Å². The SMILES string of the molecule is CC(C)(C)[Si](C)(C)O[C@@H]1OC2COC(c3ccccc3)O[C@H]2C(O)C1N1C(=O)c2ccccc2C1=O. The monoisotopic (exact) mass is 511 g/mol. The summed E-state index contributed by atoms with van der Waals surface area (Å²) in [5.41, 5.74) is 1.41. The summed E-state index contributed by atoms with van der Waals surface area (Å²) < 4.78 is 25.1. The number of aliphatic hydroxyl groups is 1. The fraction of sp³-hybridized carbons (Fsp3) is 0.481. The van der Waals surface area contributed by atoms with Crippen molar-refractivity contribution in [2.75, 3.05) is 6.61 Å². The molecular formula is C27H33NO7Si. The second-order valence-electron chi connectivity index (χ2n) is 11.1. The average Bonchev–Trinajstić information content (AvgIpc) is 3.09. The second-order valence-corrected chi connectivity index (χ2v) is 15.9. The number of rotatable bonds is 4. The predicted molar refractivity (Wildman–Crippen MR) is 134 cm³/mol. The summed E-state index contributed by atoms with van der Waals surface area (Å²) in [6.07, 6.45) is -4.41. The molecular weight excluding hydrogens is 478 g/mol. The molecule has 9 heteroatoms. The summed E-state index contributed by atoms with van der Waals surface area (Å²) in [6, 6.07) is 15.0. The maximum atomic E-state index is 13.4. The van der Waals surface area contributed by atoms with Crippen LogP contribution >= 0.6 is 0 Å². The summed E-state index contributed by atoms with van der Waals surface area (Å²) in [6.45, 7) is 10.6. The zero-order valence-electron chi connectivity index (χ0n) is 21.2. The van der Waals surface area contributed by atoms with E-state index in [0.29, 0.717) is 11.1 Å². The summed E-state index contributed by atoms with van der Waals surface area (Å²) >= 11 is 0. The number of hydrogen-bond acceptors (Lipinski definition) is 7. The van der Waals surface area contributed by atoms with Crippen LogP contribution < -0.4 is 0 Å². The number of benzene rings is 2. The molecule has 5 rings (SSSR count). The van der Waals surface area contributed by atoms with Gasteiger partial charge in [0, 0.05) is 5.56 Å². The van der Waals surface area contributed by atoms with E-state index in [1.54, 1.807) is 24.3 Å². The maximum Gasteiger partial charge on any atom is 0.262 e. The number of carbonyl (C=O) groups excluding carboxylic acids is 2. The maximum absolute atomic E-state index is 13.4. The van der Waals surface area contributed by atoms with Gasteiger partial charge in [-0.2, -0.15) is 0 Å². The predicted octanol–water partition coefficient (Wildman–Crippen LogP) is 3.87. The van der Waals surface area contributed by atoms with Crippen LogP contribution in [0.1, 0.15) is 53.3 Å². The first-order valence-corrected chi connectivity index (χ1v) is 15.2. The van der Waals surface area contributed by atoms with E-state index in [0.717, 1.165) is 10.5 Å². The highest BCUT2D eigenvalue weighted by Crippen LogP contribution is 2.42. The number of aliphatic hydroxyl groups excluding tert-OH is 1. The molecule has 2 fully saturated rings. The van der Waals surface area contributed by atoms with Crippen LogP contribution in [0.25, 0.3) is 0 Å². The molecule has 0 aromatic heterocycles. The smallest absolute Gasteiger partial charge is 0.262 e. The highest BCUT2D eigenvalue weighted by Gasteiger charge is 2.57. The first-order valence-electron chi connectivity index (χ1n) is 12.3. The third-order valence-corrected chi connectivity index (χ3v) is 12.2. The van der Waals surface area contributed by atoms with Crippen molar-refractivity contribution in [1.82, 2.24) is 4.90 Å². The van der Waals surface area contributed by atoms with Crippen LogP contribution in [-0.2, 0) is 18.6 Å². The van der Waals surface area contributed by atoms with Crippen molar-refractivity contribution in [3.05, 3.63) is 71.3 Å². The number of imide groups is 1. The highest BCUT2D eigenvalue weighted by molar-refractivity contribution is 6.74. The molecule has 3 heterocycles. The van der Waals surface area contributed by atoms with Crippen LogP contribution in [0.4, 0.5) is 0 Å². The van der Waals surface area contributed by atoms with Crippen LogP contribution in [-0.4, -0.2) is 67.4 Å². The molecule has 2 aromatic carbocycles. The molecule has 4 unspecified atom stereocenters. The molecule has 1 N–H and O–H groups in total. The van der Waals surface area contributed by atoms with Gasteiger partial charge >= 0.3 is 0 Å². The molecule has 192 valence electrons. The van der Waals surface area contributed by atoms with Gasteiger partial charge in [0.2, 0.25) is 0 Å². The van der Waals surface area contributed by atoms with Gasteiger partial charge in [-0.25, -0.2) is 0 Å². The second kappa shape index (κ2) is 9.16. The van der Waals surface area contributed by atoms with E-state index in [4.69, 9.17) is 18.6 Å². The lowest BCUT2D eigenvalue weighted by Crippen LogP contribution is -2.69. The lowest BCUT2D eigenvalue weighted by Gasteiger charge is -2.51. The minimum absolute atomic E-state index is 0.164. The molecule has 0 saturated carbocycles. The number of amides is 2. The van der Waals surface area contributed by atoms with Crippen molar-refractivity contribution < 1.29 is 33.3 Å². The Labute approximate surface area is 212 Å².